The topological polar surface area (TPSA) is 49.0 Å². The van der Waals surface area contributed by atoms with E-state index in [1.807, 2.05) is 4.90 Å². The fourth-order valence-corrected chi connectivity index (χ4v) is 3.77. The lowest BCUT2D eigenvalue weighted by atomic mass is 9.90. The Morgan fingerprint density at radius 1 is 1.15 bits per heavy atom. The van der Waals surface area contributed by atoms with Crippen molar-refractivity contribution in [1.29, 1.82) is 0 Å². The van der Waals surface area contributed by atoms with E-state index in [9.17, 15) is 9.18 Å². The van der Waals surface area contributed by atoms with Crippen LogP contribution in [0.5, 0.6) is 0 Å². The van der Waals surface area contributed by atoms with Gasteiger partial charge in [-0.2, -0.15) is 5.10 Å². The highest BCUT2D eigenvalue weighted by Gasteiger charge is 2.28. The molecule has 6 heteroatoms. The number of hydrogen-bond donors (Lipinski definition) is 1. The number of benzene rings is 2. The van der Waals surface area contributed by atoms with Crippen molar-refractivity contribution < 1.29 is 9.18 Å². The summed E-state index contributed by atoms with van der Waals surface area (Å²) in [6.07, 6.45) is 3.66. The molecule has 1 aromatic heterocycles. The highest BCUT2D eigenvalue weighted by Crippen LogP contribution is 2.33. The van der Waals surface area contributed by atoms with E-state index in [-0.39, 0.29) is 17.6 Å². The number of nitrogens with zero attached hydrogens (tertiary/aromatic N) is 2. The van der Waals surface area contributed by atoms with E-state index in [0.29, 0.717) is 17.1 Å². The molecule has 1 fully saturated rings. The van der Waals surface area contributed by atoms with Gasteiger partial charge in [-0.15, -0.1) is 0 Å². The van der Waals surface area contributed by atoms with Gasteiger partial charge in [0.05, 0.1) is 6.20 Å². The third-order valence-corrected chi connectivity index (χ3v) is 5.28. The molecule has 1 amide bonds. The molecular formula is C21H19ClFN3O. The van der Waals surface area contributed by atoms with Gasteiger partial charge < -0.3 is 4.90 Å². The summed E-state index contributed by atoms with van der Waals surface area (Å²) in [6, 6.07) is 13.4. The molecule has 4 rings (SSSR count). The van der Waals surface area contributed by atoms with Crippen LogP contribution in [0.1, 0.15) is 34.8 Å². The van der Waals surface area contributed by atoms with Crippen molar-refractivity contribution in [3.05, 3.63) is 76.8 Å². The minimum Gasteiger partial charge on any atom is -0.338 e. The molecule has 1 N–H and O–H groups in total. The molecule has 138 valence electrons. The SMILES string of the molecule is O=C(c1ccc(Cl)cc1)N1CCC[C@H](c2[nH]ncc2-c2ccc(F)cc2)C1. The van der Waals surface area contributed by atoms with Crippen molar-refractivity contribution in [3.63, 3.8) is 0 Å². The first kappa shape index (κ1) is 17.7. The Labute approximate surface area is 162 Å². The Hall–Kier alpha value is -2.66. The number of aromatic amines is 1. The number of carbonyl (C=O) groups is 1. The first-order chi connectivity index (χ1) is 13.1. The largest absolute Gasteiger partial charge is 0.338 e. The highest BCUT2D eigenvalue weighted by molar-refractivity contribution is 6.30. The van der Waals surface area contributed by atoms with E-state index in [1.54, 1.807) is 42.6 Å². The van der Waals surface area contributed by atoms with Gasteiger partial charge in [-0.3, -0.25) is 9.89 Å². The van der Waals surface area contributed by atoms with Gasteiger partial charge >= 0.3 is 0 Å². The van der Waals surface area contributed by atoms with Crippen LogP contribution >= 0.6 is 11.6 Å². The summed E-state index contributed by atoms with van der Waals surface area (Å²) in [5.74, 6) is -0.0852. The van der Waals surface area contributed by atoms with E-state index < -0.39 is 0 Å². The predicted molar refractivity (Wildman–Crippen MR) is 103 cm³/mol. The van der Waals surface area contributed by atoms with Gasteiger partial charge in [-0.05, 0) is 54.8 Å². The van der Waals surface area contributed by atoms with Crippen molar-refractivity contribution in [2.75, 3.05) is 13.1 Å². The monoisotopic (exact) mass is 383 g/mol. The normalized spacial score (nSPS) is 17.1. The molecule has 0 radical (unpaired) electrons. The van der Waals surface area contributed by atoms with E-state index in [1.165, 1.54) is 12.1 Å². The molecule has 1 aliphatic rings. The highest BCUT2D eigenvalue weighted by atomic mass is 35.5. The van der Waals surface area contributed by atoms with E-state index >= 15 is 0 Å². The van der Waals surface area contributed by atoms with Crippen LogP contribution < -0.4 is 0 Å². The van der Waals surface area contributed by atoms with E-state index in [2.05, 4.69) is 10.2 Å². The summed E-state index contributed by atoms with van der Waals surface area (Å²) in [6.45, 7) is 1.36. The van der Waals surface area contributed by atoms with Gasteiger partial charge in [0.15, 0.2) is 0 Å². The van der Waals surface area contributed by atoms with Crippen molar-refractivity contribution in [1.82, 2.24) is 15.1 Å². The Morgan fingerprint density at radius 3 is 2.63 bits per heavy atom. The van der Waals surface area contributed by atoms with Crippen LogP contribution in [0.15, 0.2) is 54.7 Å². The number of nitrogens with one attached hydrogen (secondary N) is 1. The van der Waals surface area contributed by atoms with Crippen LogP contribution in [0.2, 0.25) is 5.02 Å². The average Bonchev–Trinajstić information content (AvgIpc) is 3.18. The molecule has 3 aromatic rings. The summed E-state index contributed by atoms with van der Waals surface area (Å²) in [5.41, 5.74) is 3.51. The lowest BCUT2D eigenvalue weighted by Gasteiger charge is -2.33. The summed E-state index contributed by atoms with van der Waals surface area (Å²) >= 11 is 5.92. The second-order valence-corrected chi connectivity index (χ2v) is 7.24. The number of likely N-dealkylation sites (tertiary alicyclic amines) is 1. The van der Waals surface area contributed by atoms with Crippen LogP contribution in [-0.4, -0.2) is 34.1 Å². The first-order valence-corrected chi connectivity index (χ1v) is 9.33. The number of halogens is 2. The molecule has 0 unspecified atom stereocenters. The average molecular weight is 384 g/mol. The zero-order valence-corrected chi connectivity index (χ0v) is 15.4. The first-order valence-electron chi connectivity index (χ1n) is 8.96. The molecule has 27 heavy (non-hydrogen) atoms. The molecule has 2 heterocycles. The third kappa shape index (κ3) is 3.74. The molecule has 0 spiro atoms. The molecule has 1 saturated heterocycles. The Kier molecular flexibility index (Phi) is 4.94. The predicted octanol–water partition coefficient (Wildman–Crippen LogP) is 4.89. The number of amides is 1. The molecule has 2 aromatic carbocycles. The van der Waals surface area contributed by atoms with Gasteiger partial charge in [0.25, 0.3) is 5.91 Å². The molecule has 0 saturated carbocycles. The zero-order chi connectivity index (χ0) is 18.8. The number of hydrogen-bond acceptors (Lipinski definition) is 2. The van der Waals surface area contributed by atoms with Crippen LogP contribution in [0.4, 0.5) is 4.39 Å². The molecule has 0 bridgehead atoms. The Bertz CT molecular complexity index is 937. The van der Waals surface area contributed by atoms with Crippen LogP contribution in [0, 0.1) is 5.82 Å². The molecule has 4 nitrogen and oxygen atoms in total. The summed E-state index contributed by atoms with van der Waals surface area (Å²) in [5, 5.41) is 7.91. The minimum atomic E-state index is -0.263. The van der Waals surface area contributed by atoms with Gasteiger partial charge in [-0.1, -0.05) is 23.7 Å². The van der Waals surface area contributed by atoms with Gasteiger partial charge in [0.2, 0.25) is 0 Å². The van der Waals surface area contributed by atoms with E-state index in [4.69, 9.17) is 11.6 Å². The zero-order valence-electron chi connectivity index (χ0n) is 14.7. The molecule has 1 aliphatic heterocycles. The van der Waals surface area contributed by atoms with Gasteiger partial charge in [0, 0.05) is 40.9 Å². The fourth-order valence-electron chi connectivity index (χ4n) is 3.64. The van der Waals surface area contributed by atoms with Crippen LogP contribution in [0.3, 0.4) is 0 Å². The number of piperidine rings is 1. The lowest BCUT2D eigenvalue weighted by molar-refractivity contribution is 0.0706. The quantitative estimate of drug-likeness (QED) is 0.700. The number of carbonyl (C=O) groups excluding carboxylic acids is 1. The molecular weight excluding hydrogens is 365 g/mol. The van der Waals surface area contributed by atoms with Crippen molar-refractivity contribution in [2.45, 2.75) is 18.8 Å². The maximum Gasteiger partial charge on any atom is 0.253 e. The van der Waals surface area contributed by atoms with Gasteiger partial charge in [0.1, 0.15) is 5.82 Å². The maximum absolute atomic E-state index is 13.2. The summed E-state index contributed by atoms with van der Waals surface area (Å²) in [4.78, 5) is 14.7. The Morgan fingerprint density at radius 2 is 1.89 bits per heavy atom. The van der Waals surface area contributed by atoms with Gasteiger partial charge in [-0.25, -0.2) is 4.39 Å². The summed E-state index contributed by atoms with van der Waals surface area (Å²) < 4.78 is 13.2. The van der Waals surface area contributed by atoms with Crippen LogP contribution in [0.25, 0.3) is 11.1 Å². The van der Waals surface area contributed by atoms with Crippen molar-refractivity contribution in [3.8, 4) is 11.1 Å². The second kappa shape index (κ2) is 7.53. The Balaban J connectivity index is 1.55. The number of rotatable bonds is 3. The summed E-state index contributed by atoms with van der Waals surface area (Å²) in [7, 11) is 0. The second-order valence-electron chi connectivity index (χ2n) is 6.80. The third-order valence-electron chi connectivity index (χ3n) is 5.03. The lowest BCUT2D eigenvalue weighted by Crippen LogP contribution is -2.39. The van der Waals surface area contributed by atoms with E-state index in [0.717, 1.165) is 36.2 Å². The molecule has 1 atom stereocenters. The van der Waals surface area contributed by atoms with Crippen LogP contribution in [-0.2, 0) is 0 Å². The van der Waals surface area contributed by atoms with Crippen molar-refractivity contribution >= 4 is 17.5 Å². The molecule has 0 aliphatic carbocycles. The smallest absolute Gasteiger partial charge is 0.253 e. The van der Waals surface area contributed by atoms with Crippen molar-refractivity contribution in [2.24, 2.45) is 0 Å². The minimum absolute atomic E-state index is 0.0132. The fraction of sp³-hybridized carbons (Fsp3) is 0.238. The number of H-pyrrole nitrogens is 1. The number of aromatic nitrogens is 2. The maximum atomic E-state index is 13.2. The standard InChI is InChI=1S/C21H19ClFN3O/c22-17-7-3-15(4-8-17)21(27)26-11-1-2-16(13-26)20-19(12-24-25-20)14-5-9-18(23)10-6-14/h3-10,12,16H,1-2,11,13H2,(H,24,25)/t16-/m0/s1.